The number of sulfonamides is 1. The Morgan fingerprint density at radius 2 is 2.05 bits per heavy atom. The minimum atomic E-state index is -3.89. The van der Waals surface area contributed by atoms with Crippen LogP contribution < -0.4 is 4.72 Å². The van der Waals surface area contributed by atoms with E-state index < -0.39 is 21.8 Å². The van der Waals surface area contributed by atoms with Gasteiger partial charge in [-0.15, -0.1) is 0 Å². The summed E-state index contributed by atoms with van der Waals surface area (Å²) < 4.78 is 43.8. The lowest BCUT2D eigenvalue weighted by Crippen LogP contribution is -2.23. The summed E-state index contributed by atoms with van der Waals surface area (Å²) in [5.74, 6) is -2.06. The monoisotopic (exact) mass is 299 g/mol. The molecule has 20 heavy (non-hydrogen) atoms. The van der Waals surface area contributed by atoms with Crippen LogP contribution in [0.25, 0.3) is 0 Å². The van der Waals surface area contributed by atoms with E-state index in [1.165, 1.54) is 24.3 Å². The van der Waals surface area contributed by atoms with Crippen molar-refractivity contribution in [1.29, 1.82) is 0 Å². The van der Waals surface area contributed by atoms with E-state index in [-0.39, 0.29) is 23.0 Å². The molecule has 1 heterocycles. The van der Waals surface area contributed by atoms with Gasteiger partial charge < -0.3 is 9.52 Å². The molecule has 0 radical (unpaired) electrons. The minimum absolute atomic E-state index is 0.141. The average Bonchev–Trinajstić information content (AvgIpc) is 2.85. The van der Waals surface area contributed by atoms with Gasteiger partial charge in [-0.05, 0) is 30.3 Å². The van der Waals surface area contributed by atoms with Crippen LogP contribution in [-0.4, -0.2) is 19.5 Å². The van der Waals surface area contributed by atoms with Crippen LogP contribution in [0.2, 0.25) is 0 Å². The SMILES string of the molecule is O=C(O)c1ccc(CNS(=O)(=O)c2cccc(F)c2)o1. The van der Waals surface area contributed by atoms with Crippen LogP contribution >= 0.6 is 0 Å². The first-order valence-electron chi connectivity index (χ1n) is 5.46. The van der Waals surface area contributed by atoms with Crippen LogP contribution in [0.3, 0.4) is 0 Å². The molecule has 2 aromatic rings. The summed E-state index contributed by atoms with van der Waals surface area (Å²) >= 11 is 0. The molecule has 0 saturated heterocycles. The van der Waals surface area contributed by atoms with Gasteiger partial charge in [0.25, 0.3) is 0 Å². The lowest BCUT2D eigenvalue weighted by atomic mass is 10.4. The van der Waals surface area contributed by atoms with Gasteiger partial charge in [0.1, 0.15) is 11.6 Å². The number of aromatic carboxylic acids is 1. The number of hydrogen-bond donors (Lipinski definition) is 2. The Kier molecular flexibility index (Phi) is 3.86. The first kappa shape index (κ1) is 14.2. The molecule has 0 aliphatic heterocycles. The molecule has 0 spiro atoms. The second-order valence-corrected chi connectivity index (χ2v) is 5.62. The highest BCUT2D eigenvalue weighted by atomic mass is 32.2. The molecule has 1 aromatic carbocycles. The summed E-state index contributed by atoms with van der Waals surface area (Å²) in [5, 5.41) is 8.66. The zero-order chi connectivity index (χ0) is 14.8. The summed E-state index contributed by atoms with van der Waals surface area (Å²) in [5.41, 5.74) is 0. The van der Waals surface area contributed by atoms with Gasteiger partial charge in [0.05, 0.1) is 11.4 Å². The van der Waals surface area contributed by atoms with Crippen molar-refractivity contribution in [2.45, 2.75) is 11.4 Å². The third kappa shape index (κ3) is 3.22. The summed E-state index contributed by atoms with van der Waals surface area (Å²) in [6, 6.07) is 7.10. The van der Waals surface area contributed by atoms with E-state index in [1.807, 2.05) is 0 Å². The standard InChI is InChI=1S/C12H10FNO5S/c13-8-2-1-3-10(6-8)20(17,18)14-7-9-4-5-11(19-9)12(15)16/h1-6,14H,7H2,(H,15,16). The fourth-order valence-electron chi connectivity index (χ4n) is 1.47. The van der Waals surface area contributed by atoms with Crippen LogP contribution in [0, 0.1) is 5.82 Å². The molecule has 0 aliphatic rings. The number of halogens is 1. The third-order valence-corrected chi connectivity index (χ3v) is 3.81. The van der Waals surface area contributed by atoms with E-state index in [1.54, 1.807) is 0 Å². The lowest BCUT2D eigenvalue weighted by Gasteiger charge is -2.05. The quantitative estimate of drug-likeness (QED) is 0.874. The predicted molar refractivity (Wildman–Crippen MR) is 66.1 cm³/mol. The number of hydrogen-bond acceptors (Lipinski definition) is 4. The highest BCUT2D eigenvalue weighted by Crippen LogP contribution is 2.12. The van der Waals surface area contributed by atoms with Crippen molar-refractivity contribution < 1.29 is 27.1 Å². The van der Waals surface area contributed by atoms with Crippen molar-refractivity contribution >= 4 is 16.0 Å². The van der Waals surface area contributed by atoms with Gasteiger partial charge in [-0.1, -0.05) is 6.07 Å². The second kappa shape index (κ2) is 5.43. The molecule has 2 N–H and O–H groups in total. The Hall–Kier alpha value is -2.19. The van der Waals surface area contributed by atoms with Gasteiger partial charge in [0, 0.05) is 0 Å². The highest BCUT2D eigenvalue weighted by molar-refractivity contribution is 7.89. The molecular weight excluding hydrogens is 289 g/mol. The van der Waals surface area contributed by atoms with Gasteiger partial charge in [0.2, 0.25) is 15.8 Å². The molecule has 0 atom stereocenters. The number of furan rings is 1. The van der Waals surface area contributed by atoms with Crippen molar-refractivity contribution in [3.05, 3.63) is 53.7 Å². The second-order valence-electron chi connectivity index (χ2n) is 3.85. The van der Waals surface area contributed by atoms with Crippen molar-refractivity contribution in [2.24, 2.45) is 0 Å². The Morgan fingerprint density at radius 1 is 1.30 bits per heavy atom. The summed E-state index contributed by atoms with van der Waals surface area (Å²) in [4.78, 5) is 10.4. The molecular formula is C12H10FNO5S. The summed E-state index contributed by atoms with van der Waals surface area (Å²) in [6.07, 6.45) is 0. The maximum absolute atomic E-state index is 13.0. The fraction of sp³-hybridized carbons (Fsp3) is 0.0833. The third-order valence-electron chi connectivity index (χ3n) is 2.42. The molecule has 106 valence electrons. The Labute approximate surface area is 113 Å². The molecule has 8 heteroatoms. The number of benzene rings is 1. The van der Waals surface area contributed by atoms with Crippen molar-refractivity contribution in [2.75, 3.05) is 0 Å². The van der Waals surface area contributed by atoms with E-state index in [0.29, 0.717) is 0 Å². The average molecular weight is 299 g/mol. The largest absolute Gasteiger partial charge is 0.475 e. The number of rotatable bonds is 5. The van der Waals surface area contributed by atoms with E-state index in [9.17, 15) is 17.6 Å². The van der Waals surface area contributed by atoms with Crippen molar-refractivity contribution in [3.63, 3.8) is 0 Å². The normalized spacial score (nSPS) is 11.4. The fourth-order valence-corrected chi connectivity index (χ4v) is 2.50. The van der Waals surface area contributed by atoms with Crippen LogP contribution in [0.1, 0.15) is 16.3 Å². The number of carboxylic acid groups (broad SMARTS) is 1. The minimum Gasteiger partial charge on any atom is -0.475 e. The van der Waals surface area contributed by atoms with Crippen LogP contribution in [-0.2, 0) is 16.6 Å². The Morgan fingerprint density at radius 3 is 2.65 bits per heavy atom. The van der Waals surface area contributed by atoms with Gasteiger partial charge in [-0.25, -0.2) is 22.3 Å². The van der Waals surface area contributed by atoms with Crippen LogP contribution in [0.15, 0.2) is 45.7 Å². The molecule has 1 aromatic heterocycles. The topological polar surface area (TPSA) is 96.6 Å². The summed E-state index contributed by atoms with van der Waals surface area (Å²) in [6.45, 7) is -0.230. The molecule has 0 amide bonds. The van der Waals surface area contributed by atoms with Crippen LogP contribution in [0.4, 0.5) is 4.39 Å². The van der Waals surface area contributed by atoms with Gasteiger partial charge in [-0.3, -0.25) is 0 Å². The zero-order valence-electron chi connectivity index (χ0n) is 10.0. The number of carboxylic acids is 1. The Bertz CT molecular complexity index is 738. The van der Waals surface area contributed by atoms with Crippen molar-refractivity contribution in [1.82, 2.24) is 4.72 Å². The number of carbonyl (C=O) groups is 1. The van der Waals surface area contributed by atoms with Crippen molar-refractivity contribution in [3.8, 4) is 0 Å². The Balaban J connectivity index is 2.11. The summed E-state index contributed by atoms with van der Waals surface area (Å²) in [7, 11) is -3.89. The van der Waals surface area contributed by atoms with E-state index in [0.717, 1.165) is 12.1 Å². The van der Waals surface area contributed by atoms with Crippen LogP contribution in [0.5, 0.6) is 0 Å². The van der Waals surface area contributed by atoms with Gasteiger partial charge in [0.15, 0.2) is 0 Å². The van der Waals surface area contributed by atoms with E-state index in [2.05, 4.69) is 4.72 Å². The zero-order valence-corrected chi connectivity index (χ0v) is 10.9. The van der Waals surface area contributed by atoms with Gasteiger partial charge >= 0.3 is 5.97 Å². The smallest absolute Gasteiger partial charge is 0.371 e. The molecule has 0 saturated carbocycles. The highest BCUT2D eigenvalue weighted by Gasteiger charge is 2.16. The maximum Gasteiger partial charge on any atom is 0.371 e. The molecule has 2 rings (SSSR count). The van der Waals surface area contributed by atoms with E-state index >= 15 is 0 Å². The molecule has 0 unspecified atom stereocenters. The lowest BCUT2D eigenvalue weighted by molar-refractivity contribution is 0.0660. The maximum atomic E-state index is 13.0. The molecule has 0 bridgehead atoms. The first-order chi connectivity index (χ1) is 9.38. The van der Waals surface area contributed by atoms with E-state index in [4.69, 9.17) is 9.52 Å². The van der Waals surface area contributed by atoms with Gasteiger partial charge in [-0.2, -0.15) is 0 Å². The molecule has 0 aliphatic carbocycles. The number of nitrogens with one attached hydrogen (secondary N) is 1. The molecule has 0 fully saturated rings. The first-order valence-corrected chi connectivity index (χ1v) is 6.94. The predicted octanol–water partition coefficient (Wildman–Crippen LogP) is 1.60. The molecule has 6 nitrogen and oxygen atoms in total.